The highest BCUT2D eigenvalue weighted by molar-refractivity contribution is 8.01. The molecule has 0 spiro atoms. The van der Waals surface area contributed by atoms with Gasteiger partial charge in [0.05, 0.1) is 12.2 Å². The fourth-order valence-electron chi connectivity index (χ4n) is 3.68. The van der Waals surface area contributed by atoms with Crippen molar-refractivity contribution in [2.24, 2.45) is 0 Å². The molecular formula is C19H25N5O2S3. The van der Waals surface area contributed by atoms with E-state index >= 15 is 0 Å². The Morgan fingerprint density at radius 3 is 2.69 bits per heavy atom. The second-order valence-electron chi connectivity index (χ2n) is 7.31. The van der Waals surface area contributed by atoms with Crippen molar-refractivity contribution in [3.63, 3.8) is 0 Å². The Balaban J connectivity index is 1.20. The Bertz CT molecular complexity index is 812. The maximum Gasteiger partial charge on any atom is 0.230 e. The standard InChI is InChI=1S/C19H25N5O2S3/c25-16(20-14-4-1-2-5-14)13-28-19-22-21-18(29-19)24-9-7-23(8-10-24)17(26)12-15-6-3-11-27-15/h3,6,11,14H,1-2,4-5,7-10,12-13H2,(H,20,25). The maximum atomic E-state index is 12.4. The summed E-state index contributed by atoms with van der Waals surface area (Å²) in [7, 11) is 0. The van der Waals surface area contributed by atoms with Gasteiger partial charge in [-0.05, 0) is 24.3 Å². The maximum absolute atomic E-state index is 12.4. The second kappa shape index (κ2) is 9.90. The van der Waals surface area contributed by atoms with Gasteiger partial charge in [0, 0.05) is 37.1 Å². The lowest BCUT2D eigenvalue weighted by molar-refractivity contribution is -0.130. The summed E-state index contributed by atoms with van der Waals surface area (Å²) in [6.07, 6.45) is 5.11. The number of thiophene rings is 1. The zero-order chi connectivity index (χ0) is 20.1. The van der Waals surface area contributed by atoms with Crippen molar-refractivity contribution in [3.8, 4) is 0 Å². The number of piperazine rings is 1. The summed E-state index contributed by atoms with van der Waals surface area (Å²) in [6, 6.07) is 4.34. The average Bonchev–Trinajstić information content (AvgIpc) is 3.50. The third-order valence-electron chi connectivity index (χ3n) is 5.25. The summed E-state index contributed by atoms with van der Waals surface area (Å²) in [5.74, 6) is 0.654. The molecule has 1 saturated carbocycles. The average molecular weight is 452 g/mol. The molecule has 1 aliphatic heterocycles. The van der Waals surface area contributed by atoms with Gasteiger partial charge >= 0.3 is 0 Å². The van der Waals surface area contributed by atoms with Crippen molar-refractivity contribution in [1.29, 1.82) is 0 Å². The van der Waals surface area contributed by atoms with Gasteiger partial charge in [-0.25, -0.2) is 0 Å². The van der Waals surface area contributed by atoms with Gasteiger partial charge in [-0.2, -0.15) is 0 Å². The van der Waals surface area contributed by atoms with Crippen LogP contribution < -0.4 is 10.2 Å². The Labute approximate surface area is 182 Å². The van der Waals surface area contributed by atoms with Crippen LogP contribution in [0.25, 0.3) is 0 Å². The van der Waals surface area contributed by atoms with Crippen LogP contribution in [0.15, 0.2) is 21.9 Å². The number of nitrogens with one attached hydrogen (secondary N) is 1. The van der Waals surface area contributed by atoms with Gasteiger partial charge in [0.15, 0.2) is 4.34 Å². The number of carbonyl (C=O) groups is 2. The molecule has 156 valence electrons. The van der Waals surface area contributed by atoms with E-state index in [0.717, 1.165) is 40.3 Å². The normalized spacial score (nSPS) is 17.7. The molecule has 2 amide bonds. The van der Waals surface area contributed by atoms with Gasteiger partial charge in [-0.3, -0.25) is 9.59 Å². The predicted octanol–water partition coefficient (Wildman–Crippen LogP) is 2.64. The first-order valence-corrected chi connectivity index (χ1v) is 12.7. The number of nitrogens with zero attached hydrogens (tertiary/aromatic N) is 4. The van der Waals surface area contributed by atoms with Gasteiger partial charge in [-0.15, -0.1) is 21.5 Å². The van der Waals surface area contributed by atoms with Gasteiger partial charge in [0.25, 0.3) is 0 Å². The number of thioether (sulfide) groups is 1. The molecule has 2 fully saturated rings. The zero-order valence-corrected chi connectivity index (χ0v) is 18.7. The van der Waals surface area contributed by atoms with E-state index in [4.69, 9.17) is 0 Å². The minimum atomic E-state index is 0.0801. The number of anilines is 1. The van der Waals surface area contributed by atoms with Crippen LogP contribution in [0.2, 0.25) is 0 Å². The SMILES string of the molecule is O=C(CSc1nnc(N2CCN(C(=O)Cc3cccs3)CC2)s1)NC1CCCC1. The zero-order valence-electron chi connectivity index (χ0n) is 16.2. The number of aromatic nitrogens is 2. The summed E-state index contributed by atoms with van der Waals surface area (Å²) < 4.78 is 0.817. The Morgan fingerprint density at radius 2 is 1.97 bits per heavy atom. The third-order valence-corrected chi connectivity index (χ3v) is 8.25. The van der Waals surface area contributed by atoms with Crippen LogP contribution in [-0.2, 0) is 16.0 Å². The largest absolute Gasteiger partial charge is 0.353 e. The van der Waals surface area contributed by atoms with E-state index in [2.05, 4.69) is 20.4 Å². The van der Waals surface area contributed by atoms with Gasteiger partial charge in [0.2, 0.25) is 16.9 Å². The lowest BCUT2D eigenvalue weighted by Crippen LogP contribution is -2.49. The van der Waals surface area contributed by atoms with E-state index in [1.165, 1.54) is 35.9 Å². The van der Waals surface area contributed by atoms with E-state index in [0.29, 0.717) is 31.3 Å². The number of hydrogen-bond acceptors (Lipinski definition) is 8. The molecule has 2 aliphatic rings. The molecule has 0 unspecified atom stereocenters. The first-order chi connectivity index (χ1) is 14.2. The monoisotopic (exact) mass is 451 g/mol. The van der Waals surface area contributed by atoms with Gasteiger partial charge in [0.1, 0.15) is 0 Å². The van der Waals surface area contributed by atoms with E-state index in [1.54, 1.807) is 11.3 Å². The van der Waals surface area contributed by atoms with Crippen LogP contribution in [0.3, 0.4) is 0 Å². The molecule has 29 heavy (non-hydrogen) atoms. The third kappa shape index (κ3) is 5.70. The highest BCUT2D eigenvalue weighted by Crippen LogP contribution is 2.29. The summed E-state index contributed by atoms with van der Waals surface area (Å²) >= 11 is 4.59. The fraction of sp³-hybridized carbons (Fsp3) is 0.579. The van der Waals surface area contributed by atoms with Gasteiger partial charge < -0.3 is 15.1 Å². The molecule has 1 N–H and O–H groups in total. The van der Waals surface area contributed by atoms with E-state index in [9.17, 15) is 9.59 Å². The molecule has 2 aromatic rings. The lowest BCUT2D eigenvalue weighted by Gasteiger charge is -2.34. The molecule has 2 aromatic heterocycles. The molecule has 0 radical (unpaired) electrons. The van der Waals surface area contributed by atoms with E-state index in [1.807, 2.05) is 22.4 Å². The molecule has 1 saturated heterocycles. The lowest BCUT2D eigenvalue weighted by atomic mass is 10.2. The molecule has 0 atom stereocenters. The van der Waals surface area contributed by atoms with Crippen LogP contribution in [-0.4, -0.2) is 64.9 Å². The second-order valence-corrected chi connectivity index (χ2v) is 10.5. The molecular weight excluding hydrogens is 426 g/mol. The highest BCUT2D eigenvalue weighted by atomic mass is 32.2. The smallest absolute Gasteiger partial charge is 0.230 e. The van der Waals surface area contributed by atoms with E-state index < -0.39 is 0 Å². The number of carbonyl (C=O) groups excluding carboxylic acids is 2. The predicted molar refractivity (Wildman–Crippen MR) is 118 cm³/mol. The number of hydrogen-bond donors (Lipinski definition) is 1. The van der Waals surface area contributed by atoms with Gasteiger partial charge in [-0.1, -0.05) is 42.0 Å². The Morgan fingerprint density at radius 1 is 1.17 bits per heavy atom. The fourth-order valence-corrected chi connectivity index (χ4v) is 6.08. The molecule has 7 nitrogen and oxygen atoms in total. The van der Waals surface area contributed by atoms with Crippen LogP contribution in [0.4, 0.5) is 5.13 Å². The van der Waals surface area contributed by atoms with Crippen LogP contribution in [0.5, 0.6) is 0 Å². The highest BCUT2D eigenvalue weighted by Gasteiger charge is 2.24. The minimum absolute atomic E-state index is 0.0801. The first kappa shape index (κ1) is 20.6. The quantitative estimate of drug-likeness (QED) is 0.652. The first-order valence-electron chi connectivity index (χ1n) is 9.98. The molecule has 10 heteroatoms. The summed E-state index contributed by atoms with van der Waals surface area (Å²) in [4.78, 5) is 29.7. The number of amides is 2. The summed E-state index contributed by atoms with van der Waals surface area (Å²) in [6.45, 7) is 2.93. The summed E-state index contributed by atoms with van der Waals surface area (Å²) in [5, 5.41) is 14.5. The Kier molecular flexibility index (Phi) is 7.04. The van der Waals surface area contributed by atoms with Crippen LogP contribution in [0, 0.1) is 0 Å². The van der Waals surface area contributed by atoms with Crippen molar-refractivity contribution in [3.05, 3.63) is 22.4 Å². The number of rotatable bonds is 7. The molecule has 3 heterocycles. The summed E-state index contributed by atoms with van der Waals surface area (Å²) in [5.41, 5.74) is 0. The minimum Gasteiger partial charge on any atom is -0.353 e. The van der Waals surface area contributed by atoms with Crippen molar-refractivity contribution >= 4 is 51.4 Å². The van der Waals surface area contributed by atoms with Crippen molar-refractivity contribution in [2.45, 2.75) is 42.5 Å². The van der Waals surface area contributed by atoms with Crippen molar-refractivity contribution < 1.29 is 9.59 Å². The Hall–Kier alpha value is -1.65. The molecule has 4 rings (SSSR count). The van der Waals surface area contributed by atoms with Crippen LogP contribution in [0.1, 0.15) is 30.6 Å². The van der Waals surface area contributed by atoms with Crippen molar-refractivity contribution in [2.75, 3.05) is 36.8 Å². The van der Waals surface area contributed by atoms with E-state index in [-0.39, 0.29) is 11.8 Å². The van der Waals surface area contributed by atoms with Crippen molar-refractivity contribution in [1.82, 2.24) is 20.4 Å². The molecule has 0 aromatic carbocycles. The molecule has 1 aliphatic carbocycles. The molecule has 0 bridgehead atoms. The van der Waals surface area contributed by atoms with Crippen LogP contribution >= 0.6 is 34.4 Å². The topological polar surface area (TPSA) is 78.4 Å².